The van der Waals surface area contributed by atoms with Gasteiger partial charge in [0.2, 0.25) is 10.0 Å². The van der Waals surface area contributed by atoms with Crippen molar-refractivity contribution in [2.75, 3.05) is 32.4 Å². The van der Waals surface area contributed by atoms with E-state index >= 15 is 0 Å². The van der Waals surface area contributed by atoms with Gasteiger partial charge in [0.1, 0.15) is 0 Å². The Labute approximate surface area is 129 Å². The SMILES string of the molecule is Cc1nc2sccn2c1CN(C)CCN1CCCS1(=O)=O. The van der Waals surface area contributed by atoms with Crippen LogP contribution in [0.1, 0.15) is 17.8 Å². The van der Waals surface area contributed by atoms with E-state index in [1.165, 1.54) is 5.69 Å². The second kappa shape index (κ2) is 5.68. The smallest absolute Gasteiger partial charge is 0.214 e. The number of hydrogen-bond donors (Lipinski definition) is 0. The number of nitrogens with zero attached hydrogens (tertiary/aromatic N) is 4. The maximum atomic E-state index is 11.8. The molecule has 1 aliphatic rings. The van der Waals surface area contributed by atoms with Gasteiger partial charge in [-0.2, -0.15) is 0 Å². The van der Waals surface area contributed by atoms with Crippen LogP contribution in [0.25, 0.3) is 4.96 Å². The van der Waals surface area contributed by atoms with Gasteiger partial charge in [-0.3, -0.25) is 9.30 Å². The van der Waals surface area contributed by atoms with Crippen LogP contribution in [0.15, 0.2) is 11.6 Å². The minimum Gasteiger partial charge on any atom is -0.299 e. The van der Waals surface area contributed by atoms with Crippen LogP contribution in [-0.2, 0) is 16.6 Å². The van der Waals surface area contributed by atoms with Crippen molar-refractivity contribution >= 4 is 26.3 Å². The van der Waals surface area contributed by atoms with Gasteiger partial charge >= 0.3 is 0 Å². The molecule has 0 bridgehead atoms. The summed E-state index contributed by atoms with van der Waals surface area (Å²) in [5, 5.41) is 2.03. The van der Waals surface area contributed by atoms with Crippen molar-refractivity contribution in [3.05, 3.63) is 23.0 Å². The Bertz CT molecular complexity index is 735. The summed E-state index contributed by atoms with van der Waals surface area (Å²) in [4.78, 5) is 7.70. The van der Waals surface area contributed by atoms with Crippen molar-refractivity contribution in [1.29, 1.82) is 0 Å². The van der Waals surface area contributed by atoms with Crippen molar-refractivity contribution in [2.45, 2.75) is 19.9 Å². The molecule has 0 aromatic carbocycles. The van der Waals surface area contributed by atoms with E-state index in [0.29, 0.717) is 18.8 Å². The van der Waals surface area contributed by atoms with Crippen LogP contribution in [0.4, 0.5) is 0 Å². The topological polar surface area (TPSA) is 57.9 Å². The molecule has 0 amide bonds. The van der Waals surface area contributed by atoms with Gasteiger partial charge in [-0.1, -0.05) is 0 Å². The average molecular weight is 328 g/mol. The molecule has 0 aliphatic carbocycles. The first-order valence-corrected chi connectivity index (χ1v) is 9.53. The largest absolute Gasteiger partial charge is 0.299 e. The lowest BCUT2D eigenvalue weighted by molar-refractivity contribution is 0.289. The number of aromatic nitrogens is 2. The Hall–Kier alpha value is -0.960. The van der Waals surface area contributed by atoms with Crippen molar-refractivity contribution in [2.24, 2.45) is 0 Å². The molecule has 116 valence electrons. The first-order valence-electron chi connectivity index (χ1n) is 7.05. The minimum absolute atomic E-state index is 0.300. The maximum absolute atomic E-state index is 11.8. The molecule has 0 atom stereocenters. The quantitative estimate of drug-likeness (QED) is 0.827. The highest BCUT2D eigenvalue weighted by atomic mass is 32.2. The fourth-order valence-electron chi connectivity index (χ4n) is 2.69. The van der Waals surface area contributed by atoms with Gasteiger partial charge in [-0.15, -0.1) is 11.3 Å². The summed E-state index contributed by atoms with van der Waals surface area (Å²) in [5.41, 5.74) is 2.22. The van der Waals surface area contributed by atoms with E-state index in [2.05, 4.69) is 14.3 Å². The molecule has 0 radical (unpaired) electrons. The molecular weight excluding hydrogens is 308 g/mol. The van der Waals surface area contributed by atoms with E-state index in [4.69, 9.17) is 0 Å². The zero-order valence-electron chi connectivity index (χ0n) is 12.3. The lowest BCUT2D eigenvalue weighted by Gasteiger charge is -2.20. The van der Waals surface area contributed by atoms with E-state index in [-0.39, 0.29) is 0 Å². The van der Waals surface area contributed by atoms with Crippen molar-refractivity contribution in [1.82, 2.24) is 18.6 Å². The lowest BCUT2D eigenvalue weighted by atomic mass is 10.3. The Morgan fingerprint density at radius 2 is 2.29 bits per heavy atom. The zero-order chi connectivity index (χ0) is 15.0. The molecule has 6 nitrogen and oxygen atoms in total. The van der Waals surface area contributed by atoms with Gasteiger partial charge < -0.3 is 0 Å². The fourth-order valence-corrected chi connectivity index (χ4v) is 4.99. The van der Waals surface area contributed by atoms with Gasteiger partial charge in [0, 0.05) is 37.8 Å². The summed E-state index contributed by atoms with van der Waals surface area (Å²) in [6.45, 7) is 4.77. The van der Waals surface area contributed by atoms with Crippen LogP contribution in [0, 0.1) is 6.92 Å². The highest BCUT2D eigenvalue weighted by molar-refractivity contribution is 7.89. The van der Waals surface area contributed by atoms with Gasteiger partial charge in [0.05, 0.1) is 17.1 Å². The van der Waals surface area contributed by atoms with Crippen LogP contribution in [-0.4, -0.2) is 59.4 Å². The standard InChI is InChI=1S/C13H20N4O2S2/c1-11-12(17-7-8-20-13(17)14-11)10-15(2)5-6-16-4-3-9-21(16,18)19/h7-8H,3-6,9-10H2,1-2H3. The summed E-state index contributed by atoms with van der Waals surface area (Å²) in [6, 6.07) is 0. The van der Waals surface area contributed by atoms with Crippen LogP contribution < -0.4 is 0 Å². The summed E-state index contributed by atoms with van der Waals surface area (Å²) in [7, 11) is -0.966. The van der Waals surface area contributed by atoms with E-state index in [0.717, 1.165) is 30.2 Å². The molecule has 21 heavy (non-hydrogen) atoms. The minimum atomic E-state index is -2.99. The molecule has 3 heterocycles. The third-order valence-electron chi connectivity index (χ3n) is 3.92. The summed E-state index contributed by atoms with van der Waals surface area (Å²) in [5.74, 6) is 0.300. The fraction of sp³-hybridized carbons (Fsp3) is 0.615. The molecule has 0 spiro atoms. The number of aryl methyl sites for hydroxylation is 1. The number of thiazole rings is 1. The number of imidazole rings is 1. The average Bonchev–Trinajstić information content (AvgIpc) is 3.05. The number of likely N-dealkylation sites (N-methyl/N-ethyl adjacent to an activating group) is 1. The van der Waals surface area contributed by atoms with Crippen molar-refractivity contribution < 1.29 is 8.42 Å². The second-order valence-corrected chi connectivity index (χ2v) is 8.47. The molecule has 0 unspecified atom stereocenters. The van der Waals surface area contributed by atoms with Crippen molar-refractivity contribution in [3.63, 3.8) is 0 Å². The number of sulfonamides is 1. The Kier molecular flexibility index (Phi) is 4.04. The van der Waals surface area contributed by atoms with Crippen LogP contribution >= 0.6 is 11.3 Å². The van der Waals surface area contributed by atoms with Gasteiger partial charge in [-0.05, 0) is 20.4 Å². The molecule has 2 aromatic heterocycles. The molecular formula is C13H20N4O2S2. The molecule has 1 saturated heterocycles. The van der Waals surface area contributed by atoms with Crippen molar-refractivity contribution in [3.8, 4) is 0 Å². The van der Waals surface area contributed by atoms with Gasteiger partial charge in [-0.25, -0.2) is 17.7 Å². The summed E-state index contributed by atoms with van der Waals surface area (Å²) >= 11 is 1.63. The first kappa shape index (κ1) is 15.0. The zero-order valence-corrected chi connectivity index (χ0v) is 14.0. The predicted molar refractivity (Wildman–Crippen MR) is 84.1 cm³/mol. The van der Waals surface area contributed by atoms with E-state index in [1.54, 1.807) is 15.6 Å². The molecule has 1 aliphatic heterocycles. The Morgan fingerprint density at radius 1 is 1.48 bits per heavy atom. The molecule has 1 fully saturated rings. The summed E-state index contributed by atoms with van der Waals surface area (Å²) in [6.07, 6.45) is 2.79. The molecule has 2 aromatic rings. The first-order chi connectivity index (χ1) is 9.97. The number of hydrogen-bond acceptors (Lipinski definition) is 5. The van der Waals surface area contributed by atoms with Crippen LogP contribution in [0.3, 0.4) is 0 Å². The van der Waals surface area contributed by atoms with Crippen LogP contribution in [0.2, 0.25) is 0 Å². The predicted octanol–water partition coefficient (Wildman–Crippen LogP) is 1.17. The second-order valence-electron chi connectivity index (χ2n) is 5.51. The normalized spacial score (nSPS) is 19.0. The third-order valence-corrected chi connectivity index (χ3v) is 6.63. The molecule has 0 saturated carbocycles. The van der Waals surface area contributed by atoms with E-state index in [1.807, 2.05) is 25.5 Å². The van der Waals surface area contributed by atoms with Gasteiger partial charge in [0.25, 0.3) is 0 Å². The lowest BCUT2D eigenvalue weighted by Crippen LogP contribution is -2.34. The summed E-state index contributed by atoms with van der Waals surface area (Å²) < 4.78 is 27.3. The Balaban J connectivity index is 1.63. The van der Waals surface area contributed by atoms with Crippen LogP contribution in [0.5, 0.6) is 0 Å². The molecule has 3 rings (SSSR count). The number of rotatable bonds is 5. The number of fused-ring (bicyclic) bond motifs is 1. The molecule has 0 N–H and O–H groups in total. The van der Waals surface area contributed by atoms with Gasteiger partial charge in [0.15, 0.2) is 4.96 Å². The molecule has 8 heteroatoms. The highest BCUT2D eigenvalue weighted by Gasteiger charge is 2.27. The highest BCUT2D eigenvalue weighted by Crippen LogP contribution is 2.18. The maximum Gasteiger partial charge on any atom is 0.214 e. The monoisotopic (exact) mass is 328 g/mol. The Morgan fingerprint density at radius 3 is 3.00 bits per heavy atom. The van der Waals surface area contributed by atoms with E-state index < -0.39 is 10.0 Å². The third kappa shape index (κ3) is 2.98. The van der Waals surface area contributed by atoms with E-state index in [9.17, 15) is 8.42 Å².